The molecule has 3 rings (SSSR count). The molecule has 2 aromatic carbocycles. The molecular formula is C18H15BrO3S. The number of rotatable bonds is 3. The summed E-state index contributed by atoms with van der Waals surface area (Å²) in [5, 5.41) is 0.111. The number of benzene rings is 2. The molecule has 1 heterocycles. The van der Waals surface area contributed by atoms with Gasteiger partial charge in [0.2, 0.25) is 0 Å². The van der Waals surface area contributed by atoms with Gasteiger partial charge in [0, 0.05) is 9.72 Å². The Kier molecular flexibility index (Phi) is 4.87. The Balaban J connectivity index is 1.90. The van der Waals surface area contributed by atoms with Crippen molar-refractivity contribution in [3.8, 4) is 0 Å². The van der Waals surface area contributed by atoms with Crippen LogP contribution in [-0.2, 0) is 9.53 Å². The second-order valence-corrected chi connectivity index (χ2v) is 7.39. The summed E-state index contributed by atoms with van der Waals surface area (Å²) in [6.07, 6.45) is 0. The first-order chi connectivity index (χ1) is 11.1. The van der Waals surface area contributed by atoms with E-state index in [4.69, 9.17) is 4.74 Å². The zero-order valence-corrected chi connectivity index (χ0v) is 14.9. The van der Waals surface area contributed by atoms with E-state index in [2.05, 4.69) is 28.1 Å². The van der Waals surface area contributed by atoms with Crippen LogP contribution in [0.3, 0.4) is 0 Å². The predicted octanol–water partition coefficient (Wildman–Crippen LogP) is 4.38. The summed E-state index contributed by atoms with van der Waals surface area (Å²) in [4.78, 5) is 23.9. The minimum absolute atomic E-state index is 0.111. The Morgan fingerprint density at radius 2 is 1.70 bits per heavy atom. The number of thioether (sulfide) groups is 1. The molecule has 0 N–H and O–H groups in total. The third-order valence-electron chi connectivity index (χ3n) is 3.94. The van der Waals surface area contributed by atoms with Crippen molar-refractivity contribution in [2.45, 2.75) is 11.2 Å². The van der Waals surface area contributed by atoms with E-state index >= 15 is 0 Å². The Labute approximate surface area is 147 Å². The standard InChI is InChI=1S/C18H15BrO3S/c1-22-18(21)13-4-2-11(3-5-13)16-15(20)10-23-17(16)12-6-8-14(19)9-7-12/h2-9,16-17H,10H2,1H3/t16-,17-/m1/s1. The van der Waals surface area contributed by atoms with Crippen LogP contribution in [0, 0.1) is 0 Å². The van der Waals surface area contributed by atoms with E-state index < -0.39 is 0 Å². The number of hydrogen-bond donors (Lipinski definition) is 0. The zero-order valence-electron chi connectivity index (χ0n) is 12.5. The largest absolute Gasteiger partial charge is 0.465 e. The van der Waals surface area contributed by atoms with Crippen LogP contribution < -0.4 is 0 Å². The highest BCUT2D eigenvalue weighted by molar-refractivity contribution is 9.10. The van der Waals surface area contributed by atoms with E-state index in [9.17, 15) is 9.59 Å². The summed E-state index contributed by atoms with van der Waals surface area (Å²) in [5.41, 5.74) is 2.58. The molecule has 0 bridgehead atoms. The van der Waals surface area contributed by atoms with Crippen LogP contribution in [0.5, 0.6) is 0 Å². The highest BCUT2D eigenvalue weighted by Crippen LogP contribution is 2.48. The quantitative estimate of drug-likeness (QED) is 0.729. The summed E-state index contributed by atoms with van der Waals surface area (Å²) < 4.78 is 5.73. The lowest BCUT2D eigenvalue weighted by Crippen LogP contribution is -2.12. The number of esters is 1. The molecule has 0 spiro atoms. The molecule has 23 heavy (non-hydrogen) atoms. The molecule has 118 valence electrons. The van der Waals surface area contributed by atoms with Gasteiger partial charge in [0.15, 0.2) is 5.78 Å². The highest BCUT2D eigenvalue weighted by Gasteiger charge is 2.37. The number of methoxy groups -OCH3 is 1. The molecule has 0 radical (unpaired) electrons. The molecule has 1 aliphatic heterocycles. The molecule has 0 aromatic heterocycles. The zero-order chi connectivity index (χ0) is 16.4. The summed E-state index contributed by atoms with van der Waals surface area (Å²) in [6, 6.07) is 15.2. The van der Waals surface area contributed by atoms with Crippen molar-refractivity contribution in [1.82, 2.24) is 0 Å². The fourth-order valence-corrected chi connectivity index (χ4v) is 4.41. The Morgan fingerprint density at radius 3 is 2.30 bits per heavy atom. The second kappa shape index (κ2) is 6.89. The number of hydrogen-bond acceptors (Lipinski definition) is 4. The van der Waals surface area contributed by atoms with Crippen molar-refractivity contribution in [3.63, 3.8) is 0 Å². The molecule has 2 atom stereocenters. The Bertz CT molecular complexity index is 725. The van der Waals surface area contributed by atoms with Crippen LogP contribution in [-0.4, -0.2) is 24.6 Å². The molecule has 0 saturated carbocycles. The summed E-state index contributed by atoms with van der Waals surface area (Å²) in [6.45, 7) is 0. The monoisotopic (exact) mass is 390 g/mol. The van der Waals surface area contributed by atoms with Crippen LogP contribution in [0.2, 0.25) is 0 Å². The van der Waals surface area contributed by atoms with Crippen molar-refractivity contribution in [2.75, 3.05) is 12.9 Å². The normalized spacial score (nSPS) is 20.5. The lowest BCUT2D eigenvalue weighted by Gasteiger charge is -2.18. The van der Waals surface area contributed by atoms with Gasteiger partial charge in [-0.2, -0.15) is 0 Å². The van der Waals surface area contributed by atoms with Gasteiger partial charge in [-0.05, 0) is 35.4 Å². The number of halogens is 1. The molecule has 5 heteroatoms. The maximum atomic E-state index is 12.4. The fraction of sp³-hybridized carbons (Fsp3) is 0.222. The van der Waals surface area contributed by atoms with Crippen molar-refractivity contribution in [2.24, 2.45) is 0 Å². The molecule has 0 amide bonds. The molecule has 3 nitrogen and oxygen atoms in total. The van der Waals surface area contributed by atoms with Crippen molar-refractivity contribution >= 4 is 39.4 Å². The smallest absolute Gasteiger partial charge is 0.337 e. The molecule has 0 unspecified atom stereocenters. The first kappa shape index (κ1) is 16.3. The van der Waals surface area contributed by atoms with Gasteiger partial charge < -0.3 is 4.74 Å². The van der Waals surface area contributed by atoms with Crippen molar-refractivity contribution < 1.29 is 14.3 Å². The average Bonchev–Trinajstić information content (AvgIpc) is 2.96. The minimum atomic E-state index is -0.367. The molecular weight excluding hydrogens is 376 g/mol. The fourth-order valence-electron chi connectivity index (χ4n) is 2.77. The van der Waals surface area contributed by atoms with Crippen LogP contribution in [0.15, 0.2) is 53.0 Å². The number of Topliss-reactive ketones (excluding diaryl/α,β-unsaturated/α-hetero) is 1. The van der Waals surface area contributed by atoms with Gasteiger partial charge in [-0.3, -0.25) is 4.79 Å². The van der Waals surface area contributed by atoms with E-state index in [1.807, 2.05) is 24.3 Å². The van der Waals surface area contributed by atoms with Gasteiger partial charge in [0.25, 0.3) is 0 Å². The van der Waals surface area contributed by atoms with Crippen molar-refractivity contribution in [1.29, 1.82) is 0 Å². The SMILES string of the molecule is COC(=O)c1ccc([C@@H]2C(=O)CS[C@@H]2c2ccc(Br)cc2)cc1. The third kappa shape index (κ3) is 3.35. The van der Waals surface area contributed by atoms with Gasteiger partial charge in [-0.25, -0.2) is 4.79 Å². The van der Waals surface area contributed by atoms with Crippen LogP contribution in [0.1, 0.15) is 32.7 Å². The third-order valence-corrected chi connectivity index (χ3v) is 5.83. The van der Waals surface area contributed by atoms with Gasteiger partial charge in [-0.1, -0.05) is 40.2 Å². The first-order valence-corrected chi connectivity index (χ1v) is 9.02. The lowest BCUT2D eigenvalue weighted by molar-refractivity contribution is -0.117. The predicted molar refractivity (Wildman–Crippen MR) is 94.9 cm³/mol. The second-order valence-electron chi connectivity index (χ2n) is 5.34. The van der Waals surface area contributed by atoms with E-state index in [-0.39, 0.29) is 22.9 Å². The number of carbonyl (C=O) groups excluding carboxylic acids is 2. The maximum Gasteiger partial charge on any atom is 0.337 e. The Morgan fingerprint density at radius 1 is 1.09 bits per heavy atom. The number of carbonyl (C=O) groups is 2. The van der Waals surface area contributed by atoms with E-state index in [0.29, 0.717) is 11.3 Å². The van der Waals surface area contributed by atoms with E-state index in [1.54, 1.807) is 23.9 Å². The maximum absolute atomic E-state index is 12.4. The molecule has 1 saturated heterocycles. The molecule has 1 aliphatic rings. The van der Waals surface area contributed by atoms with E-state index in [1.165, 1.54) is 7.11 Å². The summed E-state index contributed by atoms with van der Waals surface area (Å²) >= 11 is 5.11. The summed E-state index contributed by atoms with van der Waals surface area (Å²) in [7, 11) is 1.36. The number of ether oxygens (including phenoxy) is 1. The van der Waals surface area contributed by atoms with Gasteiger partial charge in [0.05, 0.1) is 24.3 Å². The highest BCUT2D eigenvalue weighted by atomic mass is 79.9. The van der Waals surface area contributed by atoms with Crippen LogP contribution in [0.25, 0.3) is 0 Å². The summed E-state index contributed by atoms with van der Waals surface area (Å²) in [5.74, 6) is 0.208. The minimum Gasteiger partial charge on any atom is -0.465 e. The van der Waals surface area contributed by atoms with E-state index in [0.717, 1.165) is 15.6 Å². The van der Waals surface area contributed by atoms with Gasteiger partial charge in [-0.15, -0.1) is 11.8 Å². The Hall–Kier alpha value is -1.59. The van der Waals surface area contributed by atoms with Crippen LogP contribution >= 0.6 is 27.7 Å². The average molecular weight is 391 g/mol. The van der Waals surface area contributed by atoms with Crippen LogP contribution in [0.4, 0.5) is 0 Å². The van der Waals surface area contributed by atoms with Gasteiger partial charge in [0.1, 0.15) is 0 Å². The molecule has 2 aromatic rings. The van der Waals surface area contributed by atoms with Crippen molar-refractivity contribution in [3.05, 3.63) is 69.7 Å². The molecule has 0 aliphatic carbocycles. The number of ketones is 1. The first-order valence-electron chi connectivity index (χ1n) is 7.18. The van der Waals surface area contributed by atoms with Gasteiger partial charge >= 0.3 is 5.97 Å². The lowest BCUT2D eigenvalue weighted by atomic mass is 9.88. The molecule has 1 fully saturated rings. The topological polar surface area (TPSA) is 43.4 Å².